The van der Waals surface area contributed by atoms with E-state index in [1.165, 1.54) is 31.1 Å². The number of piperazine rings is 1. The van der Waals surface area contributed by atoms with Crippen LogP contribution >= 0.6 is 11.3 Å². The number of amides is 1. The van der Waals surface area contributed by atoms with Gasteiger partial charge in [-0.05, 0) is 26.8 Å². The van der Waals surface area contributed by atoms with E-state index in [1.807, 2.05) is 6.92 Å². The molecule has 2 aromatic rings. The smallest absolute Gasteiger partial charge is 0.351 e. The van der Waals surface area contributed by atoms with Gasteiger partial charge in [-0.25, -0.2) is 0 Å². The Kier molecular flexibility index (Phi) is 7.00. The molecule has 1 amide bonds. The summed E-state index contributed by atoms with van der Waals surface area (Å²) in [6, 6.07) is 0.387. The fourth-order valence-electron chi connectivity index (χ4n) is 4.21. The number of carbonyl (C=O) groups excluding carboxylic acids is 1. The lowest BCUT2D eigenvalue weighted by molar-refractivity contribution is -0.114. The zero-order chi connectivity index (χ0) is 22.0. The van der Waals surface area contributed by atoms with Gasteiger partial charge in [-0.2, -0.15) is 9.97 Å². The number of hydrogen-bond donors (Lipinski definition) is 2. The molecule has 0 radical (unpaired) electrons. The van der Waals surface area contributed by atoms with E-state index in [9.17, 15) is 9.35 Å². The fourth-order valence-corrected chi connectivity index (χ4v) is 6.34. The predicted molar refractivity (Wildman–Crippen MR) is 126 cm³/mol. The molecule has 168 valence electrons. The first kappa shape index (κ1) is 22.3. The summed E-state index contributed by atoms with van der Waals surface area (Å²) in [5.74, 6) is 0.589. The van der Waals surface area contributed by atoms with Crippen LogP contribution in [0.3, 0.4) is 0 Å². The highest BCUT2D eigenvalue weighted by molar-refractivity contribution is 7.91. The van der Waals surface area contributed by atoms with Gasteiger partial charge in [0.25, 0.3) is 0 Å². The van der Waals surface area contributed by atoms with Gasteiger partial charge in [0.1, 0.15) is 11.4 Å². The molecule has 1 saturated heterocycles. The van der Waals surface area contributed by atoms with Crippen LogP contribution in [-0.4, -0.2) is 64.6 Å². The van der Waals surface area contributed by atoms with Crippen molar-refractivity contribution < 1.29 is 9.35 Å². The second-order valence-electron chi connectivity index (χ2n) is 8.30. The van der Waals surface area contributed by atoms with Gasteiger partial charge in [0, 0.05) is 49.9 Å². The first-order valence-corrected chi connectivity index (χ1v) is 12.9. The van der Waals surface area contributed by atoms with E-state index in [4.69, 9.17) is 4.98 Å². The van der Waals surface area contributed by atoms with E-state index < -0.39 is 11.2 Å². The second kappa shape index (κ2) is 9.72. The highest BCUT2D eigenvalue weighted by Crippen LogP contribution is 2.35. The second-order valence-corrected chi connectivity index (χ2v) is 10.4. The highest BCUT2D eigenvalue weighted by atomic mass is 32.2. The van der Waals surface area contributed by atoms with Crippen molar-refractivity contribution in [2.45, 2.75) is 55.6 Å². The van der Waals surface area contributed by atoms with Gasteiger partial charge in [0.05, 0.1) is 16.9 Å². The van der Waals surface area contributed by atoms with E-state index in [2.05, 4.69) is 32.5 Å². The Bertz CT molecular complexity index is 923. The summed E-state index contributed by atoms with van der Waals surface area (Å²) in [7, 11) is 2.14. The van der Waals surface area contributed by atoms with Crippen LogP contribution in [-0.2, 0) is 16.0 Å². The molecule has 1 unspecified atom stereocenters. The Balaban J connectivity index is 1.68. The van der Waals surface area contributed by atoms with E-state index in [0.29, 0.717) is 16.6 Å². The van der Waals surface area contributed by atoms with Crippen molar-refractivity contribution in [3.8, 4) is 0 Å². The van der Waals surface area contributed by atoms with Crippen LogP contribution < -0.4 is 15.5 Å². The Labute approximate surface area is 190 Å². The summed E-state index contributed by atoms with van der Waals surface area (Å²) in [4.78, 5) is 26.2. The average molecular weight is 463 g/mol. The number of carbonyl (C=O) groups is 1. The number of aromatic nitrogens is 2. The third-order valence-corrected chi connectivity index (χ3v) is 8.00. The van der Waals surface area contributed by atoms with Crippen LogP contribution in [0.25, 0.3) is 0 Å². The SMILES string of the molecule is CC(=O)Nc1cscc1[S+]([O-])c1nc(C)c(N2CCN(C)CC2)c(NC2CCCC2)n1. The van der Waals surface area contributed by atoms with Crippen LogP contribution in [0.1, 0.15) is 38.3 Å². The number of hydrogen-bond acceptors (Lipinski definition) is 8. The first-order valence-electron chi connectivity index (χ1n) is 10.8. The van der Waals surface area contributed by atoms with Gasteiger partial charge in [-0.1, -0.05) is 12.8 Å². The lowest BCUT2D eigenvalue weighted by atomic mass is 10.2. The molecule has 1 saturated carbocycles. The summed E-state index contributed by atoms with van der Waals surface area (Å²) in [6.07, 6.45) is 4.69. The molecule has 2 aliphatic rings. The molecule has 1 aliphatic carbocycles. The minimum Gasteiger partial charge on any atom is -0.604 e. The molecule has 1 atom stereocenters. The quantitative estimate of drug-likeness (QED) is 0.503. The van der Waals surface area contributed by atoms with Crippen molar-refractivity contribution >= 4 is 45.6 Å². The molecule has 0 bridgehead atoms. The Morgan fingerprint density at radius 2 is 1.90 bits per heavy atom. The largest absolute Gasteiger partial charge is 0.604 e. The molecule has 2 fully saturated rings. The van der Waals surface area contributed by atoms with Crippen molar-refractivity contribution in [1.29, 1.82) is 0 Å². The number of nitrogens with one attached hydrogen (secondary N) is 2. The molecular weight excluding hydrogens is 432 g/mol. The van der Waals surface area contributed by atoms with Crippen molar-refractivity contribution in [2.24, 2.45) is 0 Å². The molecule has 0 spiro atoms. The van der Waals surface area contributed by atoms with E-state index in [0.717, 1.165) is 56.2 Å². The van der Waals surface area contributed by atoms with Crippen molar-refractivity contribution in [2.75, 3.05) is 48.8 Å². The standard InChI is InChI=1S/C21H30N6O2S2/c1-14-19(27-10-8-26(3)9-11-27)20(24-16-6-4-5-7-16)25-21(22-14)31(29)18-13-30-12-17(18)23-15(2)28/h12-13,16H,4-11H2,1-3H3,(H,23,28)(H,22,24,25). The molecule has 4 rings (SSSR count). The zero-order valence-electron chi connectivity index (χ0n) is 18.3. The maximum Gasteiger partial charge on any atom is 0.351 e. The lowest BCUT2D eigenvalue weighted by Crippen LogP contribution is -2.45. The van der Waals surface area contributed by atoms with Crippen molar-refractivity contribution in [1.82, 2.24) is 14.9 Å². The lowest BCUT2D eigenvalue weighted by Gasteiger charge is -2.35. The van der Waals surface area contributed by atoms with Gasteiger partial charge < -0.3 is 25.0 Å². The molecule has 3 heterocycles. The molecule has 1 aliphatic heterocycles. The van der Waals surface area contributed by atoms with Crippen molar-refractivity contribution in [3.05, 3.63) is 16.5 Å². The van der Waals surface area contributed by atoms with E-state index >= 15 is 0 Å². The maximum atomic E-state index is 13.4. The molecule has 2 N–H and O–H groups in total. The first-order chi connectivity index (χ1) is 14.9. The normalized spacial score (nSPS) is 18.9. The van der Waals surface area contributed by atoms with Crippen LogP contribution in [0.4, 0.5) is 17.2 Å². The Morgan fingerprint density at radius 3 is 2.58 bits per heavy atom. The van der Waals surface area contributed by atoms with Crippen LogP contribution in [0, 0.1) is 6.92 Å². The third kappa shape index (κ3) is 5.14. The summed E-state index contributed by atoms with van der Waals surface area (Å²) in [6.45, 7) is 7.23. The molecule has 10 heteroatoms. The molecule has 31 heavy (non-hydrogen) atoms. The van der Waals surface area contributed by atoms with E-state index in [1.54, 1.807) is 10.8 Å². The predicted octanol–water partition coefficient (Wildman–Crippen LogP) is 3.08. The molecular formula is C21H30N6O2S2. The summed E-state index contributed by atoms with van der Waals surface area (Å²) in [5.41, 5.74) is 2.42. The number of likely N-dealkylation sites (N-methyl/N-ethyl adjacent to an activating group) is 1. The molecule has 0 aromatic carbocycles. The fraction of sp³-hybridized carbons (Fsp3) is 0.571. The van der Waals surface area contributed by atoms with Crippen LogP contribution in [0.5, 0.6) is 0 Å². The number of thiophene rings is 1. The average Bonchev–Trinajstić information content (AvgIpc) is 3.40. The molecule has 2 aromatic heterocycles. The van der Waals surface area contributed by atoms with Gasteiger partial charge >= 0.3 is 5.16 Å². The minimum atomic E-state index is -1.58. The van der Waals surface area contributed by atoms with Crippen molar-refractivity contribution in [3.63, 3.8) is 0 Å². The summed E-state index contributed by atoms with van der Waals surface area (Å²) in [5, 5.41) is 10.3. The third-order valence-electron chi connectivity index (χ3n) is 5.86. The minimum absolute atomic E-state index is 0.192. The van der Waals surface area contributed by atoms with Gasteiger partial charge in [-0.3, -0.25) is 4.79 Å². The summed E-state index contributed by atoms with van der Waals surface area (Å²) < 4.78 is 13.4. The number of aryl methyl sites for hydroxylation is 1. The number of anilines is 3. The van der Waals surface area contributed by atoms with Gasteiger partial charge in [-0.15, -0.1) is 11.3 Å². The summed E-state index contributed by atoms with van der Waals surface area (Å²) >= 11 is -0.180. The molecule has 8 nitrogen and oxygen atoms in total. The van der Waals surface area contributed by atoms with E-state index in [-0.39, 0.29) is 11.1 Å². The van der Waals surface area contributed by atoms with Gasteiger partial charge in [0.2, 0.25) is 5.91 Å². The topological polar surface area (TPSA) is 96.4 Å². The number of rotatable bonds is 6. The zero-order valence-corrected chi connectivity index (χ0v) is 19.9. The Hall–Kier alpha value is -1.88. The monoisotopic (exact) mass is 462 g/mol. The Morgan fingerprint density at radius 1 is 1.19 bits per heavy atom. The van der Waals surface area contributed by atoms with Crippen LogP contribution in [0.15, 0.2) is 20.8 Å². The highest BCUT2D eigenvalue weighted by Gasteiger charge is 2.30. The number of nitrogens with zero attached hydrogens (tertiary/aromatic N) is 4. The van der Waals surface area contributed by atoms with Gasteiger partial charge in [0.15, 0.2) is 10.7 Å². The maximum absolute atomic E-state index is 13.4. The van der Waals surface area contributed by atoms with Crippen LogP contribution in [0.2, 0.25) is 0 Å².